The van der Waals surface area contributed by atoms with Gasteiger partial charge in [-0.1, -0.05) is 30.3 Å². The van der Waals surface area contributed by atoms with Gasteiger partial charge in [-0.05, 0) is 24.3 Å². The van der Waals surface area contributed by atoms with Crippen LogP contribution in [0.3, 0.4) is 0 Å². The van der Waals surface area contributed by atoms with E-state index in [1.165, 1.54) is 0 Å². The molecule has 3 heteroatoms. The van der Waals surface area contributed by atoms with Gasteiger partial charge in [0.1, 0.15) is 5.75 Å². The molecule has 0 aliphatic heterocycles. The molecule has 15 heavy (non-hydrogen) atoms. The standard InChI is InChI=1S/C12H11NO.Zr/c14-12-9-5-4-8-11(12)13-10-6-2-1-3-7-10;/h1-9,13-14H;. The van der Waals surface area contributed by atoms with Crippen molar-refractivity contribution < 1.29 is 31.3 Å². The van der Waals surface area contributed by atoms with Gasteiger partial charge in [-0.15, -0.1) is 0 Å². The molecule has 0 unspecified atom stereocenters. The van der Waals surface area contributed by atoms with Gasteiger partial charge in [0, 0.05) is 31.9 Å². The van der Waals surface area contributed by atoms with Gasteiger partial charge in [-0.3, -0.25) is 0 Å². The van der Waals surface area contributed by atoms with Gasteiger partial charge in [0.2, 0.25) is 0 Å². The molecule has 0 aromatic heterocycles. The number of hydrogen-bond donors (Lipinski definition) is 2. The minimum absolute atomic E-state index is 0. The maximum Gasteiger partial charge on any atom is 0.139 e. The van der Waals surface area contributed by atoms with Gasteiger partial charge in [0.05, 0.1) is 5.69 Å². The number of phenolic OH excluding ortho intramolecular Hbond substituents is 1. The molecule has 2 N–H and O–H groups in total. The number of para-hydroxylation sites is 3. The number of rotatable bonds is 2. The molecule has 0 radical (unpaired) electrons. The van der Waals surface area contributed by atoms with Crippen molar-refractivity contribution in [3.8, 4) is 5.75 Å². The van der Waals surface area contributed by atoms with Crippen LogP contribution in [0.4, 0.5) is 11.4 Å². The fraction of sp³-hybridized carbons (Fsp3) is 0. The first-order valence-corrected chi connectivity index (χ1v) is 4.46. The number of phenols is 1. The largest absolute Gasteiger partial charge is 0.506 e. The predicted octanol–water partition coefficient (Wildman–Crippen LogP) is 3.13. The van der Waals surface area contributed by atoms with Crippen LogP contribution in [0.25, 0.3) is 0 Å². The Morgan fingerprint density at radius 1 is 0.800 bits per heavy atom. The third-order valence-corrected chi connectivity index (χ3v) is 1.96. The second-order valence-corrected chi connectivity index (χ2v) is 3.01. The molecule has 2 aromatic carbocycles. The molecule has 0 aliphatic carbocycles. The maximum absolute atomic E-state index is 9.51. The van der Waals surface area contributed by atoms with Gasteiger partial charge in [-0.2, -0.15) is 0 Å². The summed E-state index contributed by atoms with van der Waals surface area (Å²) in [6.45, 7) is 0. The molecule has 0 spiro atoms. The Labute approximate surface area is 108 Å². The van der Waals surface area contributed by atoms with Crippen molar-refractivity contribution in [2.24, 2.45) is 0 Å². The van der Waals surface area contributed by atoms with Crippen LogP contribution in [0, 0.1) is 0 Å². The van der Waals surface area contributed by atoms with Crippen LogP contribution >= 0.6 is 0 Å². The summed E-state index contributed by atoms with van der Waals surface area (Å²) in [7, 11) is 0. The quantitative estimate of drug-likeness (QED) is 0.826. The minimum atomic E-state index is 0. The second-order valence-electron chi connectivity index (χ2n) is 3.01. The van der Waals surface area contributed by atoms with E-state index in [2.05, 4.69) is 5.32 Å². The monoisotopic (exact) mass is 275 g/mol. The Morgan fingerprint density at radius 2 is 1.40 bits per heavy atom. The molecule has 2 aromatic rings. The molecule has 0 aliphatic rings. The van der Waals surface area contributed by atoms with Crippen LogP contribution in [0.5, 0.6) is 5.75 Å². The summed E-state index contributed by atoms with van der Waals surface area (Å²) in [4.78, 5) is 0. The summed E-state index contributed by atoms with van der Waals surface area (Å²) in [5, 5.41) is 12.6. The molecular formula is C12H11NOZr. The van der Waals surface area contributed by atoms with Crippen LogP contribution in [0.15, 0.2) is 54.6 Å². The third kappa shape index (κ3) is 3.21. The van der Waals surface area contributed by atoms with Crippen LogP contribution < -0.4 is 5.32 Å². The number of hydrogen-bond acceptors (Lipinski definition) is 2. The maximum atomic E-state index is 9.51. The second kappa shape index (κ2) is 5.72. The van der Waals surface area contributed by atoms with E-state index in [0.29, 0.717) is 0 Å². The average molecular weight is 276 g/mol. The Hall–Kier alpha value is -1.08. The van der Waals surface area contributed by atoms with Crippen LogP contribution in [-0.4, -0.2) is 5.11 Å². The zero-order chi connectivity index (χ0) is 9.80. The molecule has 0 heterocycles. The zero-order valence-electron chi connectivity index (χ0n) is 8.14. The topological polar surface area (TPSA) is 32.3 Å². The summed E-state index contributed by atoms with van der Waals surface area (Å²) < 4.78 is 0. The summed E-state index contributed by atoms with van der Waals surface area (Å²) in [5.74, 6) is 0.261. The van der Waals surface area contributed by atoms with E-state index in [4.69, 9.17) is 0 Å². The van der Waals surface area contributed by atoms with E-state index < -0.39 is 0 Å². The summed E-state index contributed by atoms with van der Waals surface area (Å²) in [5.41, 5.74) is 1.69. The SMILES string of the molecule is Oc1ccccc1Nc1ccccc1.[Zr]. The van der Waals surface area contributed by atoms with E-state index in [0.717, 1.165) is 11.4 Å². The predicted molar refractivity (Wildman–Crippen MR) is 57.8 cm³/mol. The first-order chi connectivity index (χ1) is 6.86. The van der Waals surface area contributed by atoms with E-state index >= 15 is 0 Å². The number of nitrogens with one attached hydrogen (secondary N) is 1. The van der Waals surface area contributed by atoms with Crippen molar-refractivity contribution in [3.63, 3.8) is 0 Å². The fourth-order valence-electron chi connectivity index (χ4n) is 1.26. The van der Waals surface area contributed by atoms with Crippen molar-refractivity contribution in [1.29, 1.82) is 0 Å². The molecule has 2 nitrogen and oxygen atoms in total. The zero-order valence-corrected chi connectivity index (χ0v) is 10.6. The van der Waals surface area contributed by atoms with Gasteiger partial charge >= 0.3 is 0 Å². The van der Waals surface area contributed by atoms with Crippen molar-refractivity contribution in [2.75, 3.05) is 5.32 Å². The Kier molecular flexibility index (Phi) is 4.57. The normalized spacial score (nSPS) is 9.07. The molecule has 74 valence electrons. The van der Waals surface area contributed by atoms with Crippen molar-refractivity contribution in [2.45, 2.75) is 0 Å². The molecule has 0 atom stereocenters. The molecular weight excluding hydrogens is 265 g/mol. The molecule has 0 fully saturated rings. The third-order valence-electron chi connectivity index (χ3n) is 1.96. The summed E-state index contributed by atoms with van der Waals surface area (Å²) in [6, 6.07) is 16.9. The van der Waals surface area contributed by atoms with Gasteiger partial charge in [0.15, 0.2) is 0 Å². The van der Waals surface area contributed by atoms with Crippen LogP contribution in [0.1, 0.15) is 0 Å². The van der Waals surface area contributed by atoms with E-state index in [9.17, 15) is 5.11 Å². The Morgan fingerprint density at radius 3 is 2.07 bits per heavy atom. The summed E-state index contributed by atoms with van der Waals surface area (Å²) >= 11 is 0. The van der Waals surface area contributed by atoms with Gasteiger partial charge in [0.25, 0.3) is 0 Å². The number of anilines is 2. The Bertz CT molecular complexity index is 417. The van der Waals surface area contributed by atoms with Crippen molar-refractivity contribution in [1.82, 2.24) is 0 Å². The van der Waals surface area contributed by atoms with Gasteiger partial charge in [-0.25, -0.2) is 0 Å². The molecule has 0 amide bonds. The summed E-state index contributed by atoms with van der Waals surface area (Å²) in [6.07, 6.45) is 0. The first kappa shape index (κ1) is 12.0. The van der Waals surface area contributed by atoms with Crippen LogP contribution in [-0.2, 0) is 26.2 Å². The Balaban J connectivity index is 0.00000112. The van der Waals surface area contributed by atoms with Crippen molar-refractivity contribution in [3.05, 3.63) is 54.6 Å². The van der Waals surface area contributed by atoms with Gasteiger partial charge < -0.3 is 10.4 Å². The average Bonchev–Trinajstić information content (AvgIpc) is 2.23. The molecule has 2 rings (SSSR count). The molecule has 0 bridgehead atoms. The van der Waals surface area contributed by atoms with E-state index in [-0.39, 0.29) is 32.0 Å². The van der Waals surface area contributed by atoms with E-state index in [1.54, 1.807) is 12.1 Å². The minimum Gasteiger partial charge on any atom is -0.506 e. The smallest absolute Gasteiger partial charge is 0.139 e. The number of aromatic hydroxyl groups is 1. The van der Waals surface area contributed by atoms with E-state index in [1.807, 2.05) is 42.5 Å². The van der Waals surface area contributed by atoms with Crippen molar-refractivity contribution >= 4 is 11.4 Å². The number of benzene rings is 2. The first-order valence-electron chi connectivity index (χ1n) is 4.46. The molecule has 0 saturated carbocycles. The molecule has 0 saturated heterocycles. The fourth-order valence-corrected chi connectivity index (χ4v) is 1.26. The van der Waals surface area contributed by atoms with Crippen LogP contribution in [0.2, 0.25) is 0 Å².